The van der Waals surface area contributed by atoms with E-state index in [0.29, 0.717) is 11.0 Å². The minimum atomic E-state index is -0.180. The highest BCUT2D eigenvalue weighted by molar-refractivity contribution is 7.14. The summed E-state index contributed by atoms with van der Waals surface area (Å²) in [6.07, 6.45) is 3.37. The van der Waals surface area contributed by atoms with E-state index in [-0.39, 0.29) is 11.3 Å². The SMILES string of the molecule is CC(C)c1ccc(-c2csc(NC(=O)/C=C/c3ccc(C(C)(C)C)cc3)n2)cc1. The summed E-state index contributed by atoms with van der Waals surface area (Å²) >= 11 is 1.43. The van der Waals surface area contributed by atoms with Gasteiger partial charge in [0.15, 0.2) is 5.13 Å². The maximum absolute atomic E-state index is 12.2. The molecule has 0 spiro atoms. The van der Waals surface area contributed by atoms with Gasteiger partial charge in [0.2, 0.25) is 5.91 Å². The molecule has 3 nitrogen and oxygen atoms in total. The third-order valence-electron chi connectivity index (χ3n) is 4.81. The average molecular weight is 405 g/mol. The van der Waals surface area contributed by atoms with Gasteiger partial charge in [-0.15, -0.1) is 11.3 Å². The molecule has 1 heterocycles. The third-order valence-corrected chi connectivity index (χ3v) is 5.57. The van der Waals surface area contributed by atoms with E-state index in [1.807, 2.05) is 23.6 Å². The molecule has 1 N–H and O–H groups in total. The summed E-state index contributed by atoms with van der Waals surface area (Å²) in [5.41, 5.74) is 5.63. The number of thiazole rings is 1. The predicted octanol–water partition coefficient (Wildman–Crippen LogP) is 6.88. The standard InChI is InChI=1S/C25H28N2OS/c1-17(2)19-9-11-20(12-10-19)22-16-29-24(26-22)27-23(28)15-8-18-6-13-21(14-7-18)25(3,4)5/h6-17H,1-5H3,(H,26,27,28)/b15-8+. The van der Waals surface area contributed by atoms with Gasteiger partial charge < -0.3 is 0 Å². The molecule has 0 fully saturated rings. The highest BCUT2D eigenvalue weighted by Gasteiger charge is 2.12. The molecule has 0 aliphatic heterocycles. The summed E-state index contributed by atoms with van der Waals surface area (Å²) in [5.74, 6) is 0.326. The van der Waals surface area contributed by atoms with Crippen LogP contribution in [0.1, 0.15) is 57.2 Å². The summed E-state index contributed by atoms with van der Waals surface area (Å²) in [4.78, 5) is 16.8. The second-order valence-electron chi connectivity index (χ2n) is 8.51. The molecule has 150 valence electrons. The maximum Gasteiger partial charge on any atom is 0.250 e. The van der Waals surface area contributed by atoms with Crippen molar-refractivity contribution < 1.29 is 4.79 Å². The van der Waals surface area contributed by atoms with Crippen molar-refractivity contribution >= 4 is 28.5 Å². The van der Waals surface area contributed by atoms with Crippen LogP contribution in [0.25, 0.3) is 17.3 Å². The zero-order chi connectivity index (χ0) is 21.0. The molecule has 0 radical (unpaired) electrons. The Morgan fingerprint density at radius 3 is 2.28 bits per heavy atom. The molecular weight excluding hydrogens is 376 g/mol. The summed E-state index contributed by atoms with van der Waals surface area (Å²) < 4.78 is 0. The number of hydrogen-bond acceptors (Lipinski definition) is 3. The topological polar surface area (TPSA) is 42.0 Å². The minimum Gasteiger partial charge on any atom is -0.298 e. The van der Waals surface area contributed by atoms with Crippen molar-refractivity contribution in [1.82, 2.24) is 4.98 Å². The van der Waals surface area contributed by atoms with Crippen molar-refractivity contribution in [2.24, 2.45) is 0 Å². The van der Waals surface area contributed by atoms with Crippen LogP contribution in [-0.2, 0) is 10.2 Å². The summed E-state index contributed by atoms with van der Waals surface area (Å²) in [6, 6.07) is 16.7. The number of nitrogens with one attached hydrogen (secondary N) is 1. The zero-order valence-corrected chi connectivity index (χ0v) is 18.5. The zero-order valence-electron chi connectivity index (χ0n) is 17.7. The molecule has 1 amide bonds. The molecule has 0 saturated carbocycles. The van der Waals surface area contributed by atoms with Crippen LogP contribution in [-0.4, -0.2) is 10.9 Å². The molecule has 0 atom stereocenters. The molecule has 2 aromatic carbocycles. The van der Waals surface area contributed by atoms with E-state index in [1.54, 1.807) is 6.08 Å². The lowest BCUT2D eigenvalue weighted by molar-refractivity contribution is -0.111. The molecule has 0 aliphatic rings. The molecule has 0 bridgehead atoms. The molecular formula is C25H28N2OS. The molecule has 3 aromatic rings. The van der Waals surface area contributed by atoms with Crippen molar-refractivity contribution in [1.29, 1.82) is 0 Å². The number of carbonyl (C=O) groups is 1. The molecule has 0 aliphatic carbocycles. The van der Waals surface area contributed by atoms with Gasteiger partial charge in [-0.05, 0) is 34.1 Å². The highest BCUT2D eigenvalue weighted by Crippen LogP contribution is 2.26. The van der Waals surface area contributed by atoms with Crippen molar-refractivity contribution in [3.05, 3.63) is 76.7 Å². The first-order valence-electron chi connectivity index (χ1n) is 9.88. The Morgan fingerprint density at radius 1 is 1.03 bits per heavy atom. The van der Waals surface area contributed by atoms with E-state index in [9.17, 15) is 4.79 Å². The molecule has 0 saturated heterocycles. The number of nitrogens with zero attached hydrogens (tertiary/aromatic N) is 1. The largest absolute Gasteiger partial charge is 0.298 e. The van der Waals surface area contributed by atoms with Gasteiger partial charge in [0, 0.05) is 17.0 Å². The maximum atomic E-state index is 12.2. The monoisotopic (exact) mass is 404 g/mol. The molecule has 0 unspecified atom stereocenters. The van der Waals surface area contributed by atoms with Crippen molar-refractivity contribution in [3.8, 4) is 11.3 Å². The van der Waals surface area contributed by atoms with Gasteiger partial charge in [-0.1, -0.05) is 83.1 Å². The Hall–Kier alpha value is -2.72. The van der Waals surface area contributed by atoms with Gasteiger partial charge >= 0.3 is 0 Å². The van der Waals surface area contributed by atoms with E-state index >= 15 is 0 Å². The van der Waals surface area contributed by atoms with Crippen LogP contribution in [0.15, 0.2) is 60.0 Å². The van der Waals surface area contributed by atoms with Crippen LogP contribution in [0.5, 0.6) is 0 Å². The van der Waals surface area contributed by atoms with Gasteiger partial charge in [0.1, 0.15) is 0 Å². The number of hydrogen-bond donors (Lipinski definition) is 1. The van der Waals surface area contributed by atoms with Crippen LogP contribution in [0.3, 0.4) is 0 Å². The number of carbonyl (C=O) groups excluding carboxylic acids is 1. The fourth-order valence-electron chi connectivity index (χ4n) is 2.92. The fourth-order valence-corrected chi connectivity index (χ4v) is 3.64. The second-order valence-corrected chi connectivity index (χ2v) is 9.37. The Morgan fingerprint density at radius 2 is 1.69 bits per heavy atom. The summed E-state index contributed by atoms with van der Waals surface area (Å²) in [5, 5.41) is 5.42. The fraction of sp³-hybridized carbons (Fsp3) is 0.280. The Bertz CT molecular complexity index is 991. The Labute approximate surface area is 177 Å². The number of benzene rings is 2. The number of rotatable bonds is 5. The van der Waals surface area contributed by atoms with Gasteiger partial charge in [0.05, 0.1) is 5.69 Å². The van der Waals surface area contributed by atoms with Crippen LogP contribution < -0.4 is 5.32 Å². The first-order valence-corrected chi connectivity index (χ1v) is 10.8. The van der Waals surface area contributed by atoms with Gasteiger partial charge in [-0.3, -0.25) is 10.1 Å². The van der Waals surface area contributed by atoms with Gasteiger partial charge in [-0.25, -0.2) is 4.98 Å². The first-order chi connectivity index (χ1) is 13.7. The van der Waals surface area contributed by atoms with Crippen molar-refractivity contribution in [2.45, 2.75) is 46.0 Å². The van der Waals surface area contributed by atoms with Crippen LogP contribution in [0, 0.1) is 0 Å². The van der Waals surface area contributed by atoms with Gasteiger partial charge in [0.25, 0.3) is 0 Å². The molecule has 1 aromatic heterocycles. The van der Waals surface area contributed by atoms with E-state index in [2.05, 4.69) is 81.3 Å². The van der Waals surface area contributed by atoms with E-state index in [1.165, 1.54) is 22.5 Å². The predicted molar refractivity (Wildman–Crippen MR) is 124 cm³/mol. The van der Waals surface area contributed by atoms with Crippen molar-refractivity contribution in [2.75, 3.05) is 5.32 Å². The molecule has 4 heteroatoms. The first kappa shape index (κ1) is 21.0. The smallest absolute Gasteiger partial charge is 0.250 e. The number of amides is 1. The van der Waals surface area contributed by atoms with E-state index < -0.39 is 0 Å². The molecule has 29 heavy (non-hydrogen) atoms. The number of aromatic nitrogens is 1. The lowest BCUT2D eigenvalue weighted by Gasteiger charge is -2.18. The highest BCUT2D eigenvalue weighted by atomic mass is 32.1. The Kier molecular flexibility index (Phi) is 6.33. The van der Waals surface area contributed by atoms with E-state index in [4.69, 9.17) is 0 Å². The quantitative estimate of drug-likeness (QED) is 0.471. The van der Waals surface area contributed by atoms with E-state index in [0.717, 1.165) is 16.8 Å². The van der Waals surface area contributed by atoms with Crippen LogP contribution >= 0.6 is 11.3 Å². The van der Waals surface area contributed by atoms with Crippen LogP contribution in [0.2, 0.25) is 0 Å². The van der Waals surface area contributed by atoms with Crippen LogP contribution in [0.4, 0.5) is 5.13 Å². The van der Waals surface area contributed by atoms with Gasteiger partial charge in [-0.2, -0.15) is 0 Å². The molecule has 3 rings (SSSR count). The normalized spacial score (nSPS) is 11.9. The number of anilines is 1. The third kappa shape index (κ3) is 5.64. The van der Waals surface area contributed by atoms with Crippen molar-refractivity contribution in [3.63, 3.8) is 0 Å². The Balaban J connectivity index is 1.62. The summed E-state index contributed by atoms with van der Waals surface area (Å²) in [6.45, 7) is 10.9. The second kappa shape index (κ2) is 8.75. The summed E-state index contributed by atoms with van der Waals surface area (Å²) in [7, 11) is 0. The lowest BCUT2D eigenvalue weighted by atomic mass is 9.87. The lowest BCUT2D eigenvalue weighted by Crippen LogP contribution is -2.10. The minimum absolute atomic E-state index is 0.122. The average Bonchev–Trinajstić information content (AvgIpc) is 3.14.